The maximum absolute atomic E-state index is 11.3. The van der Waals surface area contributed by atoms with Crippen LogP contribution in [0, 0.1) is 0 Å². The Balaban J connectivity index is 2.64. The number of carbonyl (C=O) groups excluding carboxylic acids is 1. The van der Waals surface area contributed by atoms with Gasteiger partial charge in [0.1, 0.15) is 0 Å². The number of esters is 1. The van der Waals surface area contributed by atoms with Gasteiger partial charge in [-0.15, -0.1) is 0 Å². The van der Waals surface area contributed by atoms with Crippen LogP contribution in [0.15, 0.2) is 24.3 Å². The lowest BCUT2D eigenvalue weighted by atomic mass is 9.96. The van der Waals surface area contributed by atoms with E-state index in [1.807, 2.05) is 31.2 Å². The molecular formula is C13H18O3. The van der Waals surface area contributed by atoms with Crippen molar-refractivity contribution in [2.24, 2.45) is 0 Å². The number of hydrogen-bond donors (Lipinski definition) is 1. The van der Waals surface area contributed by atoms with Gasteiger partial charge in [0.25, 0.3) is 0 Å². The van der Waals surface area contributed by atoms with Crippen LogP contribution in [0.1, 0.15) is 37.3 Å². The topological polar surface area (TPSA) is 46.5 Å². The van der Waals surface area contributed by atoms with Gasteiger partial charge in [-0.2, -0.15) is 0 Å². The molecule has 0 aliphatic heterocycles. The van der Waals surface area contributed by atoms with Crippen molar-refractivity contribution < 1.29 is 14.6 Å². The van der Waals surface area contributed by atoms with Crippen molar-refractivity contribution in [3.8, 4) is 0 Å². The zero-order chi connectivity index (χ0) is 12.0. The van der Waals surface area contributed by atoms with Gasteiger partial charge in [0.2, 0.25) is 0 Å². The Kier molecular flexibility index (Phi) is 4.99. The predicted octanol–water partition coefficient (Wildman–Crippen LogP) is 2.24. The van der Waals surface area contributed by atoms with Gasteiger partial charge in [0, 0.05) is 0 Å². The summed E-state index contributed by atoms with van der Waals surface area (Å²) in [5.74, 6) is -0.0602. The number of hydrogen-bond acceptors (Lipinski definition) is 3. The average Bonchev–Trinajstić information content (AvgIpc) is 2.29. The molecule has 88 valence electrons. The summed E-state index contributed by atoms with van der Waals surface area (Å²) in [6, 6.07) is 7.63. The molecule has 1 N–H and O–H groups in total. The van der Waals surface area contributed by atoms with Gasteiger partial charge in [-0.1, -0.05) is 31.2 Å². The molecule has 0 saturated heterocycles. The minimum absolute atomic E-state index is 0.0277. The number of rotatable bonds is 5. The van der Waals surface area contributed by atoms with Crippen LogP contribution in [0.4, 0.5) is 0 Å². The summed E-state index contributed by atoms with van der Waals surface area (Å²) in [6.07, 6.45) is 0.378. The van der Waals surface area contributed by atoms with Gasteiger partial charge in [0.05, 0.1) is 19.6 Å². The van der Waals surface area contributed by atoms with Crippen molar-refractivity contribution in [3.63, 3.8) is 0 Å². The van der Waals surface area contributed by atoms with E-state index in [2.05, 4.69) is 0 Å². The standard InChI is InChI=1S/C13H18O3/c1-3-16-13(15)7-10(2)12-6-4-5-11(8-12)9-14/h4-6,8,10,14H,3,7,9H2,1-2H3. The number of aliphatic hydroxyl groups is 1. The predicted molar refractivity (Wildman–Crippen MR) is 62.0 cm³/mol. The smallest absolute Gasteiger partial charge is 0.306 e. The molecule has 1 atom stereocenters. The highest BCUT2D eigenvalue weighted by Gasteiger charge is 2.12. The van der Waals surface area contributed by atoms with Crippen LogP contribution in [0.5, 0.6) is 0 Å². The minimum Gasteiger partial charge on any atom is -0.466 e. The quantitative estimate of drug-likeness (QED) is 0.777. The number of benzene rings is 1. The first kappa shape index (κ1) is 12.7. The largest absolute Gasteiger partial charge is 0.466 e. The molecule has 0 aromatic heterocycles. The molecule has 1 aromatic rings. The molecule has 0 bridgehead atoms. The molecule has 0 saturated carbocycles. The van der Waals surface area contributed by atoms with Gasteiger partial charge >= 0.3 is 5.97 Å². The molecule has 0 heterocycles. The fraction of sp³-hybridized carbons (Fsp3) is 0.462. The highest BCUT2D eigenvalue weighted by atomic mass is 16.5. The van der Waals surface area contributed by atoms with E-state index in [4.69, 9.17) is 9.84 Å². The second kappa shape index (κ2) is 6.28. The van der Waals surface area contributed by atoms with Gasteiger partial charge in [-0.25, -0.2) is 0 Å². The highest BCUT2D eigenvalue weighted by molar-refractivity contribution is 5.70. The zero-order valence-electron chi connectivity index (χ0n) is 9.77. The Morgan fingerprint density at radius 3 is 2.88 bits per heavy atom. The minimum atomic E-state index is -0.176. The molecule has 3 nitrogen and oxygen atoms in total. The van der Waals surface area contributed by atoms with Crippen LogP contribution in [-0.2, 0) is 16.1 Å². The van der Waals surface area contributed by atoms with E-state index >= 15 is 0 Å². The maximum Gasteiger partial charge on any atom is 0.306 e. The van der Waals surface area contributed by atoms with E-state index < -0.39 is 0 Å². The Morgan fingerprint density at radius 1 is 1.50 bits per heavy atom. The second-order valence-corrected chi connectivity index (χ2v) is 3.81. The first-order valence-electron chi connectivity index (χ1n) is 5.52. The molecule has 16 heavy (non-hydrogen) atoms. The molecule has 0 radical (unpaired) electrons. The molecule has 1 aromatic carbocycles. The summed E-state index contributed by atoms with van der Waals surface area (Å²) in [5.41, 5.74) is 1.92. The zero-order valence-corrected chi connectivity index (χ0v) is 9.77. The SMILES string of the molecule is CCOC(=O)CC(C)c1cccc(CO)c1. The molecule has 0 aliphatic carbocycles. The third-order valence-electron chi connectivity index (χ3n) is 2.48. The van der Waals surface area contributed by atoms with Crippen molar-refractivity contribution in [1.82, 2.24) is 0 Å². The first-order chi connectivity index (χ1) is 7.67. The number of carbonyl (C=O) groups is 1. The first-order valence-corrected chi connectivity index (χ1v) is 5.52. The van der Waals surface area contributed by atoms with Crippen molar-refractivity contribution in [3.05, 3.63) is 35.4 Å². The van der Waals surface area contributed by atoms with Crippen molar-refractivity contribution in [1.29, 1.82) is 0 Å². The van der Waals surface area contributed by atoms with E-state index in [0.29, 0.717) is 13.0 Å². The van der Waals surface area contributed by atoms with Crippen LogP contribution >= 0.6 is 0 Å². The molecule has 1 unspecified atom stereocenters. The highest BCUT2D eigenvalue weighted by Crippen LogP contribution is 2.20. The molecular weight excluding hydrogens is 204 g/mol. The van der Waals surface area contributed by atoms with E-state index in [-0.39, 0.29) is 18.5 Å². The van der Waals surface area contributed by atoms with Crippen LogP contribution in [0.25, 0.3) is 0 Å². The van der Waals surface area contributed by atoms with Gasteiger partial charge in [-0.05, 0) is 24.0 Å². The van der Waals surface area contributed by atoms with E-state index in [9.17, 15) is 4.79 Å². The van der Waals surface area contributed by atoms with Crippen molar-refractivity contribution in [2.75, 3.05) is 6.61 Å². The number of ether oxygens (including phenoxy) is 1. The molecule has 3 heteroatoms. The normalized spacial score (nSPS) is 12.2. The molecule has 0 fully saturated rings. The van der Waals surface area contributed by atoms with E-state index in [1.54, 1.807) is 6.92 Å². The lowest BCUT2D eigenvalue weighted by Gasteiger charge is -2.11. The third-order valence-corrected chi connectivity index (χ3v) is 2.48. The summed E-state index contributed by atoms with van der Waals surface area (Å²) in [4.78, 5) is 11.3. The Hall–Kier alpha value is -1.35. The van der Waals surface area contributed by atoms with Gasteiger partial charge < -0.3 is 9.84 Å². The maximum atomic E-state index is 11.3. The average molecular weight is 222 g/mol. The van der Waals surface area contributed by atoms with E-state index in [0.717, 1.165) is 11.1 Å². The molecule has 0 aliphatic rings. The summed E-state index contributed by atoms with van der Waals surface area (Å²) >= 11 is 0. The fourth-order valence-electron chi connectivity index (χ4n) is 1.59. The lowest BCUT2D eigenvalue weighted by molar-refractivity contribution is -0.143. The monoisotopic (exact) mass is 222 g/mol. The third kappa shape index (κ3) is 3.66. The van der Waals surface area contributed by atoms with E-state index in [1.165, 1.54) is 0 Å². The Labute approximate surface area is 96.1 Å². The Morgan fingerprint density at radius 2 is 2.25 bits per heavy atom. The van der Waals surface area contributed by atoms with Crippen LogP contribution in [-0.4, -0.2) is 17.7 Å². The van der Waals surface area contributed by atoms with Crippen molar-refractivity contribution in [2.45, 2.75) is 32.8 Å². The summed E-state index contributed by atoms with van der Waals surface area (Å²) < 4.78 is 4.90. The summed E-state index contributed by atoms with van der Waals surface area (Å²) in [6.45, 7) is 4.23. The molecule has 0 amide bonds. The molecule has 0 spiro atoms. The summed E-state index contributed by atoms with van der Waals surface area (Å²) in [5, 5.41) is 9.02. The van der Waals surface area contributed by atoms with Gasteiger partial charge in [0.15, 0.2) is 0 Å². The lowest BCUT2D eigenvalue weighted by Crippen LogP contribution is -2.08. The van der Waals surface area contributed by atoms with Crippen LogP contribution < -0.4 is 0 Å². The van der Waals surface area contributed by atoms with Crippen LogP contribution in [0.2, 0.25) is 0 Å². The summed E-state index contributed by atoms with van der Waals surface area (Å²) in [7, 11) is 0. The number of aliphatic hydroxyl groups excluding tert-OH is 1. The van der Waals surface area contributed by atoms with Gasteiger partial charge in [-0.3, -0.25) is 4.79 Å². The van der Waals surface area contributed by atoms with Crippen molar-refractivity contribution >= 4 is 5.97 Å². The second-order valence-electron chi connectivity index (χ2n) is 3.81. The van der Waals surface area contributed by atoms with Crippen LogP contribution in [0.3, 0.4) is 0 Å². The fourth-order valence-corrected chi connectivity index (χ4v) is 1.59. The Bertz CT molecular complexity index is 347. The molecule has 1 rings (SSSR count).